The quantitative estimate of drug-likeness (QED) is 0.834. The second-order valence-corrected chi connectivity index (χ2v) is 3.37. The fraction of sp³-hybridized carbons (Fsp3) is 0.222. The fourth-order valence-corrected chi connectivity index (χ4v) is 1.39. The van der Waals surface area contributed by atoms with E-state index in [1.54, 1.807) is 0 Å². The van der Waals surface area contributed by atoms with E-state index in [1.165, 1.54) is 0 Å². The Bertz CT molecular complexity index is 315. The fourth-order valence-electron chi connectivity index (χ4n) is 1.03. The molecule has 0 unspecified atom stereocenters. The van der Waals surface area contributed by atoms with E-state index in [9.17, 15) is 0 Å². The van der Waals surface area contributed by atoms with Gasteiger partial charge in [0.25, 0.3) is 0 Å². The Morgan fingerprint density at radius 1 is 1.50 bits per heavy atom. The van der Waals surface area contributed by atoms with Gasteiger partial charge in [-0.05, 0) is 30.7 Å². The zero-order valence-electron chi connectivity index (χ0n) is 6.55. The van der Waals surface area contributed by atoms with Crippen LogP contribution in [0.4, 0.5) is 0 Å². The summed E-state index contributed by atoms with van der Waals surface area (Å²) in [4.78, 5) is 0. The van der Waals surface area contributed by atoms with E-state index in [4.69, 9.17) is 11.0 Å². The highest BCUT2D eigenvalue weighted by Gasteiger charge is 2.00. The van der Waals surface area contributed by atoms with Gasteiger partial charge in [-0.2, -0.15) is 5.26 Å². The predicted molar refractivity (Wildman–Crippen MR) is 51.6 cm³/mol. The molecule has 0 aliphatic rings. The summed E-state index contributed by atoms with van der Waals surface area (Å²) in [5.74, 6) is 0. The number of hydrogen-bond donors (Lipinski definition) is 1. The molecule has 0 saturated carbocycles. The maximum absolute atomic E-state index is 8.76. The molecule has 0 amide bonds. The van der Waals surface area contributed by atoms with Crippen molar-refractivity contribution in [1.29, 1.82) is 5.26 Å². The van der Waals surface area contributed by atoms with Gasteiger partial charge >= 0.3 is 0 Å². The molecule has 0 spiro atoms. The molecule has 3 heteroatoms. The van der Waals surface area contributed by atoms with Gasteiger partial charge in [0.05, 0.1) is 11.6 Å². The molecule has 12 heavy (non-hydrogen) atoms. The third kappa shape index (κ3) is 2.07. The largest absolute Gasteiger partial charge is 0.330 e. The number of nitriles is 1. The van der Waals surface area contributed by atoms with Crippen LogP contribution in [0.3, 0.4) is 0 Å². The molecule has 1 aromatic carbocycles. The minimum absolute atomic E-state index is 0.580. The molecule has 2 N–H and O–H groups in total. The lowest BCUT2D eigenvalue weighted by Gasteiger charge is -2.01. The number of benzene rings is 1. The Morgan fingerprint density at radius 3 is 2.83 bits per heavy atom. The van der Waals surface area contributed by atoms with E-state index in [2.05, 4.69) is 22.0 Å². The van der Waals surface area contributed by atoms with Crippen LogP contribution in [0, 0.1) is 11.3 Å². The van der Waals surface area contributed by atoms with E-state index < -0.39 is 0 Å². The molecule has 0 bridgehead atoms. The van der Waals surface area contributed by atoms with E-state index in [0.29, 0.717) is 12.1 Å². The summed E-state index contributed by atoms with van der Waals surface area (Å²) >= 11 is 3.31. The van der Waals surface area contributed by atoms with Gasteiger partial charge in [-0.3, -0.25) is 0 Å². The van der Waals surface area contributed by atoms with Gasteiger partial charge in [0.2, 0.25) is 0 Å². The number of rotatable bonds is 2. The third-order valence-corrected chi connectivity index (χ3v) is 2.10. The van der Waals surface area contributed by atoms with Gasteiger partial charge in [0.15, 0.2) is 0 Å². The Hall–Kier alpha value is -0.850. The molecule has 0 aromatic heterocycles. The highest BCUT2D eigenvalue weighted by Crippen LogP contribution is 2.15. The summed E-state index contributed by atoms with van der Waals surface area (Å²) in [5.41, 5.74) is 7.12. The molecule has 0 saturated heterocycles. The van der Waals surface area contributed by atoms with Gasteiger partial charge in [0.1, 0.15) is 0 Å². The Morgan fingerprint density at radius 2 is 2.25 bits per heavy atom. The lowest BCUT2D eigenvalue weighted by Crippen LogP contribution is -2.04. The minimum Gasteiger partial charge on any atom is -0.330 e. The van der Waals surface area contributed by atoms with Crippen molar-refractivity contribution in [2.24, 2.45) is 5.73 Å². The second kappa shape index (κ2) is 4.24. The van der Waals surface area contributed by atoms with Crippen LogP contribution in [-0.4, -0.2) is 6.54 Å². The smallest absolute Gasteiger partial charge is 0.0994 e. The van der Waals surface area contributed by atoms with Crippen molar-refractivity contribution in [1.82, 2.24) is 0 Å². The first-order valence-corrected chi connectivity index (χ1v) is 4.46. The van der Waals surface area contributed by atoms with Crippen molar-refractivity contribution >= 4 is 15.9 Å². The first-order valence-electron chi connectivity index (χ1n) is 3.66. The van der Waals surface area contributed by atoms with Crippen LogP contribution in [0.15, 0.2) is 22.7 Å². The van der Waals surface area contributed by atoms with Gasteiger partial charge in [-0.1, -0.05) is 22.0 Å². The summed E-state index contributed by atoms with van der Waals surface area (Å²) < 4.78 is 0.930. The normalized spacial score (nSPS) is 9.42. The van der Waals surface area contributed by atoms with Crippen LogP contribution in [0.1, 0.15) is 11.1 Å². The Labute approximate surface area is 80.1 Å². The van der Waals surface area contributed by atoms with Crippen molar-refractivity contribution in [3.05, 3.63) is 33.8 Å². The lowest BCUT2D eigenvalue weighted by atomic mass is 10.1. The molecule has 0 radical (unpaired) electrons. The summed E-state index contributed by atoms with van der Waals surface area (Å²) in [7, 11) is 0. The number of halogens is 1. The molecule has 0 atom stereocenters. The zero-order chi connectivity index (χ0) is 8.97. The van der Waals surface area contributed by atoms with Crippen LogP contribution >= 0.6 is 15.9 Å². The molecule has 0 aliphatic carbocycles. The minimum atomic E-state index is 0.580. The number of nitrogens with zero attached hydrogens (tertiary/aromatic N) is 1. The highest BCUT2D eigenvalue weighted by atomic mass is 79.9. The molecule has 0 aliphatic heterocycles. The summed E-state index contributed by atoms with van der Waals surface area (Å²) in [5, 5.41) is 8.76. The summed E-state index contributed by atoms with van der Waals surface area (Å²) in [6.45, 7) is 0.580. The average molecular weight is 225 g/mol. The topological polar surface area (TPSA) is 49.8 Å². The molecular weight excluding hydrogens is 216 g/mol. The van der Waals surface area contributed by atoms with Crippen LogP contribution < -0.4 is 5.73 Å². The number of nitrogens with two attached hydrogens (primary N) is 1. The maximum atomic E-state index is 8.76. The third-order valence-electron chi connectivity index (χ3n) is 1.61. The molecule has 0 fully saturated rings. The standard InChI is InChI=1S/C9H9BrN2/c10-9-2-1-7(3-4-11)8(5-9)6-12/h1-2,5H,3-4,11H2. The highest BCUT2D eigenvalue weighted by molar-refractivity contribution is 9.10. The van der Waals surface area contributed by atoms with Crippen molar-refractivity contribution in [2.75, 3.05) is 6.54 Å². The molecule has 1 aromatic rings. The molecule has 0 heterocycles. The second-order valence-electron chi connectivity index (χ2n) is 2.45. The lowest BCUT2D eigenvalue weighted by molar-refractivity contribution is 0.964. The van der Waals surface area contributed by atoms with Crippen molar-refractivity contribution in [3.8, 4) is 6.07 Å². The van der Waals surface area contributed by atoms with Gasteiger partial charge in [-0.25, -0.2) is 0 Å². The van der Waals surface area contributed by atoms with Gasteiger partial charge < -0.3 is 5.73 Å². The van der Waals surface area contributed by atoms with Crippen LogP contribution in [-0.2, 0) is 6.42 Å². The molecule has 62 valence electrons. The Kier molecular flexibility index (Phi) is 3.27. The molecule has 2 nitrogen and oxygen atoms in total. The maximum Gasteiger partial charge on any atom is 0.0994 e. The number of hydrogen-bond acceptors (Lipinski definition) is 2. The molecule has 1 rings (SSSR count). The van der Waals surface area contributed by atoms with E-state index in [0.717, 1.165) is 16.5 Å². The Balaban J connectivity index is 3.05. The SMILES string of the molecule is N#Cc1cc(Br)ccc1CCN. The summed E-state index contributed by atoms with van der Waals surface area (Å²) in [6, 6.07) is 7.79. The van der Waals surface area contributed by atoms with Crippen molar-refractivity contribution in [2.45, 2.75) is 6.42 Å². The van der Waals surface area contributed by atoms with Crippen LogP contribution in [0.5, 0.6) is 0 Å². The van der Waals surface area contributed by atoms with Crippen LogP contribution in [0.2, 0.25) is 0 Å². The first kappa shape index (κ1) is 9.24. The van der Waals surface area contributed by atoms with Crippen LogP contribution in [0.25, 0.3) is 0 Å². The molecular formula is C9H9BrN2. The summed E-state index contributed by atoms with van der Waals surface area (Å²) in [6.07, 6.45) is 0.760. The zero-order valence-corrected chi connectivity index (χ0v) is 8.13. The van der Waals surface area contributed by atoms with Crippen molar-refractivity contribution in [3.63, 3.8) is 0 Å². The van der Waals surface area contributed by atoms with E-state index >= 15 is 0 Å². The average Bonchev–Trinajstić information content (AvgIpc) is 2.08. The van der Waals surface area contributed by atoms with Crippen molar-refractivity contribution < 1.29 is 0 Å². The van der Waals surface area contributed by atoms with Gasteiger partial charge in [-0.15, -0.1) is 0 Å². The monoisotopic (exact) mass is 224 g/mol. The predicted octanol–water partition coefficient (Wildman–Crippen LogP) is 1.82. The van der Waals surface area contributed by atoms with E-state index in [1.807, 2.05) is 18.2 Å². The van der Waals surface area contributed by atoms with E-state index in [-0.39, 0.29) is 0 Å². The van der Waals surface area contributed by atoms with Gasteiger partial charge in [0, 0.05) is 4.47 Å². The first-order chi connectivity index (χ1) is 5.77.